The summed E-state index contributed by atoms with van der Waals surface area (Å²) in [6, 6.07) is 9.80. The molecular formula is C21H24N6O4S2. The third-order valence-electron chi connectivity index (χ3n) is 4.87. The molecule has 0 saturated carbocycles. The zero-order valence-corrected chi connectivity index (χ0v) is 19.4. The molecular weight excluding hydrogens is 464 g/mol. The molecule has 1 amide bonds. The topological polar surface area (TPSA) is 131 Å². The molecule has 1 aliphatic rings. The van der Waals surface area contributed by atoms with Gasteiger partial charge in [0.2, 0.25) is 5.91 Å². The molecule has 3 heterocycles. The molecule has 1 aliphatic heterocycles. The van der Waals surface area contributed by atoms with Gasteiger partial charge in [-0.2, -0.15) is 0 Å². The molecule has 12 heteroatoms. The van der Waals surface area contributed by atoms with E-state index in [1.165, 1.54) is 23.9 Å². The van der Waals surface area contributed by atoms with Gasteiger partial charge in [-0.25, -0.2) is 8.42 Å². The second-order valence-electron chi connectivity index (χ2n) is 7.43. The van der Waals surface area contributed by atoms with Crippen molar-refractivity contribution in [1.29, 1.82) is 0 Å². The number of benzene rings is 1. The van der Waals surface area contributed by atoms with Gasteiger partial charge in [0, 0.05) is 18.7 Å². The largest absolute Gasteiger partial charge is 0.467 e. The monoisotopic (exact) mass is 488 g/mol. The molecule has 0 fully saturated rings. The molecule has 1 aromatic carbocycles. The highest BCUT2D eigenvalue weighted by Crippen LogP contribution is 2.19. The van der Waals surface area contributed by atoms with Crippen molar-refractivity contribution in [3.05, 3.63) is 54.7 Å². The van der Waals surface area contributed by atoms with E-state index in [-0.39, 0.29) is 16.6 Å². The van der Waals surface area contributed by atoms with Crippen LogP contribution in [0.5, 0.6) is 0 Å². The van der Waals surface area contributed by atoms with E-state index in [1.807, 2.05) is 6.07 Å². The van der Waals surface area contributed by atoms with E-state index in [9.17, 15) is 13.2 Å². The molecule has 0 bridgehead atoms. The molecule has 4 rings (SSSR count). The number of anilines is 1. The van der Waals surface area contributed by atoms with Gasteiger partial charge in [-0.1, -0.05) is 24.2 Å². The maximum absolute atomic E-state index is 12.8. The van der Waals surface area contributed by atoms with Crippen LogP contribution in [0.3, 0.4) is 0 Å². The van der Waals surface area contributed by atoms with Gasteiger partial charge in [-0.3, -0.25) is 14.5 Å². The standard InChI is InChI=1S/C21H24N6O4S2/c28-20(14-32-21-25-23-15-27(21)13-17-7-5-11-31-17)24-16-6-4-8-18(12-16)33(29,30)26-19-9-2-1-3-10-22-19/h4-8,11-12,15H,1-3,9-10,13-14H2,(H,22,26)(H,24,28). The number of amidine groups is 1. The molecule has 0 spiro atoms. The number of amides is 1. The number of hydrogen-bond acceptors (Lipinski definition) is 8. The minimum Gasteiger partial charge on any atom is -0.467 e. The molecule has 10 nitrogen and oxygen atoms in total. The lowest BCUT2D eigenvalue weighted by molar-refractivity contribution is -0.113. The van der Waals surface area contributed by atoms with Crippen LogP contribution in [0.4, 0.5) is 5.69 Å². The number of carbonyl (C=O) groups is 1. The maximum Gasteiger partial charge on any atom is 0.262 e. The van der Waals surface area contributed by atoms with E-state index in [2.05, 4.69) is 25.2 Å². The lowest BCUT2D eigenvalue weighted by atomic mass is 10.2. The Morgan fingerprint density at radius 3 is 2.94 bits per heavy atom. The SMILES string of the molecule is O=C(CSc1nncn1Cc1ccco1)Nc1cccc(S(=O)(=O)NC2=NCCCCC2)c1. The number of aromatic nitrogens is 3. The van der Waals surface area contributed by atoms with Gasteiger partial charge < -0.3 is 14.3 Å². The van der Waals surface area contributed by atoms with E-state index in [0.29, 0.717) is 36.2 Å². The Morgan fingerprint density at radius 2 is 2.09 bits per heavy atom. The maximum atomic E-state index is 12.8. The van der Waals surface area contributed by atoms with Crippen LogP contribution in [0.1, 0.15) is 31.4 Å². The second kappa shape index (κ2) is 10.7. The zero-order chi connectivity index (χ0) is 23.1. The molecule has 0 aliphatic carbocycles. The van der Waals surface area contributed by atoms with Crippen molar-refractivity contribution in [3.63, 3.8) is 0 Å². The van der Waals surface area contributed by atoms with Crippen LogP contribution in [0.15, 0.2) is 68.5 Å². The lowest BCUT2D eigenvalue weighted by Crippen LogP contribution is -2.30. The fourth-order valence-corrected chi connectivity index (χ4v) is 5.12. The van der Waals surface area contributed by atoms with Gasteiger partial charge in [0.1, 0.15) is 17.9 Å². The normalized spacial score (nSPS) is 14.4. The average molecular weight is 489 g/mol. The highest BCUT2D eigenvalue weighted by Gasteiger charge is 2.18. The van der Waals surface area contributed by atoms with Crippen molar-refractivity contribution in [2.75, 3.05) is 17.6 Å². The van der Waals surface area contributed by atoms with Crippen LogP contribution in [0, 0.1) is 0 Å². The summed E-state index contributed by atoms with van der Waals surface area (Å²) >= 11 is 1.23. The van der Waals surface area contributed by atoms with Crippen molar-refractivity contribution in [2.24, 2.45) is 4.99 Å². The van der Waals surface area contributed by atoms with E-state index in [0.717, 1.165) is 25.0 Å². The lowest BCUT2D eigenvalue weighted by Gasteiger charge is -2.11. The van der Waals surface area contributed by atoms with Crippen molar-refractivity contribution in [3.8, 4) is 0 Å². The fraction of sp³-hybridized carbons (Fsp3) is 0.333. The van der Waals surface area contributed by atoms with Gasteiger partial charge in [-0.05, 0) is 43.2 Å². The Bertz CT molecular complexity index is 1220. The summed E-state index contributed by atoms with van der Waals surface area (Å²) in [6.07, 6.45) is 6.68. The molecule has 0 radical (unpaired) electrons. The number of thioether (sulfide) groups is 1. The first kappa shape index (κ1) is 23.1. The summed E-state index contributed by atoms with van der Waals surface area (Å²) in [5.74, 6) is 1.03. The Kier molecular flexibility index (Phi) is 7.45. The first-order valence-electron chi connectivity index (χ1n) is 10.5. The van der Waals surface area contributed by atoms with Crippen LogP contribution in [-0.4, -0.2) is 47.2 Å². The molecule has 174 valence electrons. The van der Waals surface area contributed by atoms with E-state index < -0.39 is 10.0 Å². The molecule has 33 heavy (non-hydrogen) atoms. The van der Waals surface area contributed by atoms with Crippen molar-refractivity contribution in [1.82, 2.24) is 19.5 Å². The third kappa shape index (κ3) is 6.45. The number of sulfonamides is 1. The Hall–Kier alpha value is -3.12. The highest BCUT2D eigenvalue weighted by molar-refractivity contribution is 7.99. The van der Waals surface area contributed by atoms with Gasteiger partial charge in [0.15, 0.2) is 5.16 Å². The number of carbonyl (C=O) groups excluding carboxylic acids is 1. The number of hydrogen-bond donors (Lipinski definition) is 2. The molecule has 0 saturated heterocycles. The molecule has 3 aromatic rings. The number of nitrogens with zero attached hydrogens (tertiary/aromatic N) is 4. The van der Waals surface area contributed by atoms with Crippen LogP contribution < -0.4 is 10.0 Å². The highest BCUT2D eigenvalue weighted by atomic mass is 32.2. The third-order valence-corrected chi connectivity index (χ3v) is 7.23. The fourth-order valence-electron chi connectivity index (χ4n) is 3.27. The van der Waals surface area contributed by atoms with Gasteiger partial charge in [0.25, 0.3) is 10.0 Å². The van der Waals surface area contributed by atoms with Crippen molar-refractivity contribution in [2.45, 2.75) is 42.3 Å². The summed E-state index contributed by atoms with van der Waals surface area (Å²) in [7, 11) is -3.78. The molecule has 2 aromatic heterocycles. The van der Waals surface area contributed by atoms with Gasteiger partial charge >= 0.3 is 0 Å². The minimum atomic E-state index is -3.78. The molecule has 0 atom stereocenters. The number of furan rings is 1. The summed E-state index contributed by atoms with van der Waals surface area (Å²) in [6.45, 7) is 1.09. The Balaban J connectivity index is 1.35. The van der Waals surface area contributed by atoms with Crippen LogP contribution >= 0.6 is 11.8 Å². The summed E-state index contributed by atoms with van der Waals surface area (Å²) in [5, 5.41) is 11.2. The van der Waals surface area contributed by atoms with Gasteiger partial charge in [0.05, 0.1) is 23.5 Å². The van der Waals surface area contributed by atoms with Crippen LogP contribution in [0.25, 0.3) is 0 Å². The zero-order valence-electron chi connectivity index (χ0n) is 17.8. The first-order valence-corrected chi connectivity index (χ1v) is 13.0. The van der Waals surface area contributed by atoms with E-state index in [4.69, 9.17) is 4.42 Å². The van der Waals surface area contributed by atoms with Crippen molar-refractivity contribution < 1.29 is 17.6 Å². The van der Waals surface area contributed by atoms with Crippen LogP contribution in [-0.2, 0) is 21.4 Å². The van der Waals surface area contributed by atoms with Crippen LogP contribution in [0.2, 0.25) is 0 Å². The summed E-state index contributed by atoms with van der Waals surface area (Å²) in [5.41, 5.74) is 0.392. The number of aliphatic imine (C=N–C) groups is 1. The predicted molar refractivity (Wildman–Crippen MR) is 125 cm³/mol. The van der Waals surface area contributed by atoms with Crippen molar-refractivity contribution >= 4 is 39.2 Å². The Morgan fingerprint density at radius 1 is 1.18 bits per heavy atom. The van der Waals surface area contributed by atoms with E-state index >= 15 is 0 Å². The van der Waals surface area contributed by atoms with Gasteiger partial charge in [-0.15, -0.1) is 10.2 Å². The smallest absolute Gasteiger partial charge is 0.262 e. The Labute approximate surface area is 195 Å². The predicted octanol–water partition coefficient (Wildman–Crippen LogP) is 2.90. The minimum absolute atomic E-state index is 0.0677. The van der Waals surface area contributed by atoms with E-state index in [1.54, 1.807) is 35.4 Å². The summed E-state index contributed by atoms with van der Waals surface area (Å²) in [4.78, 5) is 16.8. The first-order chi connectivity index (χ1) is 16.0. The average Bonchev–Trinajstić information content (AvgIpc) is 3.40. The number of rotatable bonds is 8. The number of nitrogens with one attached hydrogen (secondary N) is 2. The second-order valence-corrected chi connectivity index (χ2v) is 10.1. The quantitative estimate of drug-likeness (QED) is 0.466. The molecule has 2 N–H and O–H groups in total. The summed E-state index contributed by atoms with van der Waals surface area (Å²) < 4.78 is 35.2. The molecule has 0 unspecified atom stereocenters.